The van der Waals surface area contributed by atoms with Crippen LogP contribution in [0.15, 0.2) is 22.8 Å². The number of amides is 2. The normalized spacial score (nSPS) is 17.9. The SMILES string of the molecule is CS(=O)(=O)N1CCC(NC(=O)NCc2ccco2)CC1. The maximum atomic E-state index is 11.7. The Bertz CT molecular complexity index is 533. The number of carbonyl (C=O) groups is 1. The lowest BCUT2D eigenvalue weighted by molar-refractivity contribution is 0.226. The summed E-state index contributed by atoms with van der Waals surface area (Å²) in [6, 6.07) is 3.28. The number of furan rings is 1. The highest BCUT2D eigenvalue weighted by Gasteiger charge is 2.25. The molecule has 8 heteroatoms. The zero-order valence-electron chi connectivity index (χ0n) is 11.3. The summed E-state index contributed by atoms with van der Waals surface area (Å²) in [6.07, 6.45) is 4.01. The number of carbonyl (C=O) groups excluding carboxylic acids is 1. The lowest BCUT2D eigenvalue weighted by Crippen LogP contribution is -2.48. The molecule has 0 aliphatic carbocycles. The lowest BCUT2D eigenvalue weighted by atomic mass is 10.1. The van der Waals surface area contributed by atoms with Crippen molar-refractivity contribution in [3.05, 3.63) is 24.2 Å². The summed E-state index contributed by atoms with van der Waals surface area (Å²) in [5.74, 6) is 0.687. The van der Waals surface area contributed by atoms with Crippen molar-refractivity contribution in [2.45, 2.75) is 25.4 Å². The van der Waals surface area contributed by atoms with Gasteiger partial charge in [0.15, 0.2) is 0 Å². The number of rotatable bonds is 4. The quantitative estimate of drug-likeness (QED) is 0.847. The maximum absolute atomic E-state index is 11.7. The smallest absolute Gasteiger partial charge is 0.315 e. The van der Waals surface area contributed by atoms with E-state index in [2.05, 4.69) is 10.6 Å². The third kappa shape index (κ3) is 4.24. The van der Waals surface area contributed by atoms with Gasteiger partial charge in [0.1, 0.15) is 5.76 Å². The van der Waals surface area contributed by atoms with Gasteiger partial charge in [-0.05, 0) is 25.0 Å². The largest absolute Gasteiger partial charge is 0.467 e. The molecule has 2 N–H and O–H groups in total. The Morgan fingerprint density at radius 3 is 2.70 bits per heavy atom. The molecule has 7 nitrogen and oxygen atoms in total. The summed E-state index contributed by atoms with van der Waals surface area (Å²) in [4.78, 5) is 11.7. The van der Waals surface area contributed by atoms with Gasteiger partial charge in [-0.25, -0.2) is 17.5 Å². The number of urea groups is 1. The van der Waals surface area contributed by atoms with Gasteiger partial charge in [0.2, 0.25) is 10.0 Å². The van der Waals surface area contributed by atoms with E-state index in [0.717, 1.165) is 0 Å². The Morgan fingerprint density at radius 2 is 2.15 bits per heavy atom. The van der Waals surface area contributed by atoms with E-state index in [4.69, 9.17) is 4.42 Å². The van der Waals surface area contributed by atoms with E-state index in [9.17, 15) is 13.2 Å². The number of nitrogens with zero attached hydrogens (tertiary/aromatic N) is 1. The third-order valence-electron chi connectivity index (χ3n) is 3.26. The van der Waals surface area contributed by atoms with Crippen LogP contribution in [0.4, 0.5) is 4.79 Å². The highest BCUT2D eigenvalue weighted by atomic mass is 32.2. The molecular weight excluding hydrogens is 282 g/mol. The number of piperidine rings is 1. The third-order valence-corrected chi connectivity index (χ3v) is 4.56. The molecule has 112 valence electrons. The number of hydrogen-bond donors (Lipinski definition) is 2. The molecule has 0 aromatic carbocycles. The molecule has 0 spiro atoms. The topological polar surface area (TPSA) is 91.7 Å². The Morgan fingerprint density at radius 1 is 1.45 bits per heavy atom. The first kappa shape index (κ1) is 14.9. The Kier molecular flexibility index (Phi) is 4.66. The first-order chi connectivity index (χ1) is 9.45. The molecular formula is C12H19N3O4S. The molecule has 1 aliphatic heterocycles. The molecule has 20 heavy (non-hydrogen) atoms. The molecule has 2 amide bonds. The van der Waals surface area contributed by atoms with Gasteiger partial charge in [-0.1, -0.05) is 0 Å². The molecule has 2 rings (SSSR count). The van der Waals surface area contributed by atoms with Crippen molar-refractivity contribution in [2.24, 2.45) is 0 Å². The second-order valence-electron chi connectivity index (χ2n) is 4.84. The molecule has 1 saturated heterocycles. The van der Waals surface area contributed by atoms with E-state index in [1.807, 2.05) is 0 Å². The van der Waals surface area contributed by atoms with Crippen molar-refractivity contribution < 1.29 is 17.6 Å². The molecule has 0 atom stereocenters. The molecule has 1 aromatic rings. The number of sulfonamides is 1. The summed E-state index contributed by atoms with van der Waals surface area (Å²) < 4.78 is 29.3. The van der Waals surface area contributed by atoms with Gasteiger partial charge in [0.25, 0.3) is 0 Å². The predicted octanol–water partition coefficient (Wildman–Crippen LogP) is 0.503. The van der Waals surface area contributed by atoms with Crippen molar-refractivity contribution in [1.82, 2.24) is 14.9 Å². The molecule has 0 bridgehead atoms. The summed E-state index contributed by atoms with van der Waals surface area (Å²) in [6.45, 7) is 1.23. The standard InChI is InChI=1S/C12H19N3O4S/c1-20(17,18)15-6-4-10(5-7-15)14-12(16)13-9-11-3-2-8-19-11/h2-3,8,10H,4-7,9H2,1H3,(H2,13,14,16). The molecule has 2 heterocycles. The van der Waals surface area contributed by atoms with Gasteiger partial charge in [0, 0.05) is 19.1 Å². The van der Waals surface area contributed by atoms with Crippen LogP contribution in [0.25, 0.3) is 0 Å². The van der Waals surface area contributed by atoms with Crippen molar-refractivity contribution in [1.29, 1.82) is 0 Å². The van der Waals surface area contributed by atoms with E-state index < -0.39 is 10.0 Å². The van der Waals surface area contributed by atoms with Crippen LogP contribution in [0.2, 0.25) is 0 Å². The van der Waals surface area contributed by atoms with Crippen molar-refractivity contribution >= 4 is 16.1 Å². The summed E-state index contributed by atoms with van der Waals surface area (Å²) in [5, 5.41) is 5.54. The second kappa shape index (κ2) is 6.27. The first-order valence-corrected chi connectivity index (χ1v) is 8.32. The fraction of sp³-hybridized carbons (Fsp3) is 0.583. The summed E-state index contributed by atoms with van der Waals surface area (Å²) in [7, 11) is -3.13. The molecule has 0 saturated carbocycles. The van der Waals surface area contributed by atoms with E-state index in [1.54, 1.807) is 18.4 Å². The molecule has 1 fully saturated rings. The highest BCUT2D eigenvalue weighted by molar-refractivity contribution is 7.88. The van der Waals surface area contributed by atoms with Crippen LogP contribution in [0.3, 0.4) is 0 Å². The van der Waals surface area contributed by atoms with Gasteiger partial charge in [0.05, 0.1) is 19.1 Å². The van der Waals surface area contributed by atoms with Crippen LogP contribution in [0.1, 0.15) is 18.6 Å². The number of nitrogens with one attached hydrogen (secondary N) is 2. The Labute approximate surface area is 118 Å². The van der Waals surface area contributed by atoms with Crippen LogP contribution in [0.5, 0.6) is 0 Å². The zero-order chi connectivity index (χ0) is 14.6. The molecule has 0 unspecified atom stereocenters. The van der Waals surface area contributed by atoms with E-state index >= 15 is 0 Å². The minimum Gasteiger partial charge on any atom is -0.467 e. The minimum absolute atomic E-state index is 0.00426. The van der Waals surface area contributed by atoms with Gasteiger partial charge in [-0.15, -0.1) is 0 Å². The molecule has 1 aromatic heterocycles. The van der Waals surface area contributed by atoms with Crippen LogP contribution < -0.4 is 10.6 Å². The molecule has 0 radical (unpaired) electrons. The predicted molar refractivity (Wildman–Crippen MR) is 73.5 cm³/mol. The van der Waals surface area contributed by atoms with E-state index in [1.165, 1.54) is 10.6 Å². The monoisotopic (exact) mass is 301 g/mol. The van der Waals surface area contributed by atoms with Crippen molar-refractivity contribution in [3.63, 3.8) is 0 Å². The Hall–Kier alpha value is -1.54. The van der Waals surface area contributed by atoms with Crippen LogP contribution in [-0.4, -0.2) is 44.1 Å². The summed E-state index contributed by atoms with van der Waals surface area (Å²) in [5.41, 5.74) is 0. The summed E-state index contributed by atoms with van der Waals surface area (Å²) >= 11 is 0. The molecule has 1 aliphatic rings. The van der Waals surface area contributed by atoms with Gasteiger partial charge in [-0.3, -0.25) is 0 Å². The van der Waals surface area contributed by atoms with E-state index in [-0.39, 0.29) is 12.1 Å². The minimum atomic E-state index is -3.13. The van der Waals surface area contributed by atoms with Crippen LogP contribution >= 0.6 is 0 Å². The van der Waals surface area contributed by atoms with Gasteiger partial charge < -0.3 is 15.1 Å². The second-order valence-corrected chi connectivity index (χ2v) is 6.83. The van der Waals surface area contributed by atoms with Crippen LogP contribution in [0, 0.1) is 0 Å². The average Bonchev–Trinajstić information content (AvgIpc) is 2.89. The zero-order valence-corrected chi connectivity index (χ0v) is 12.1. The maximum Gasteiger partial charge on any atom is 0.315 e. The Balaban J connectivity index is 1.71. The fourth-order valence-electron chi connectivity index (χ4n) is 2.15. The van der Waals surface area contributed by atoms with Crippen molar-refractivity contribution in [2.75, 3.05) is 19.3 Å². The lowest BCUT2D eigenvalue weighted by Gasteiger charge is -2.30. The van der Waals surface area contributed by atoms with Crippen LogP contribution in [-0.2, 0) is 16.6 Å². The average molecular weight is 301 g/mol. The highest BCUT2D eigenvalue weighted by Crippen LogP contribution is 2.13. The number of hydrogen-bond acceptors (Lipinski definition) is 4. The van der Waals surface area contributed by atoms with Gasteiger partial charge in [-0.2, -0.15) is 0 Å². The van der Waals surface area contributed by atoms with Gasteiger partial charge >= 0.3 is 6.03 Å². The van der Waals surface area contributed by atoms with Crippen molar-refractivity contribution in [3.8, 4) is 0 Å². The van der Waals surface area contributed by atoms with E-state index in [0.29, 0.717) is 38.2 Å². The first-order valence-electron chi connectivity index (χ1n) is 6.47. The fourth-order valence-corrected chi connectivity index (χ4v) is 3.02.